The summed E-state index contributed by atoms with van der Waals surface area (Å²) in [5.74, 6) is 0.964. The number of carbonyl (C=O) groups is 1. The molecular weight excluding hydrogens is 326 g/mol. The molecule has 0 spiro atoms. The molecule has 0 radical (unpaired) electrons. The highest BCUT2D eigenvalue weighted by molar-refractivity contribution is 5.70. The highest BCUT2D eigenvalue weighted by Gasteiger charge is 2.30. The summed E-state index contributed by atoms with van der Waals surface area (Å²) >= 11 is 0. The second-order valence-electron chi connectivity index (χ2n) is 7.32. The van der Waals surface area contributed by atoms with Crippen molar-refractivity contribution in [2.24, 2.45) is 0 Å². The number of hydrogen-bond donors (Lipinski definition) is 0. The Balaban J connectivity index is 1.82. The number of rotatable bonds is 3. The minimum atomic E-state index is 0.283. The van der Waals surface area contributed by atoms with Gasteiger partial charge >= 0.3 is 0 Å². The van der Waals surface area contributed by atoms with Gasteiger partial charge in [-0.3, -0.25) is 9.48 Å². The fourth-order valence-electron chi connectivity index (χ4n) is 4.07. The first-order valence-electron chi connectivity index (χ1n) is 9.22. The topological polar surface area (TPSA) is 65.2 Å². The number of aryl methyl sites for hydroxylation is 1. The summed E-state index contributed by atoms with van der Waals surface area (Å²) in [5.41, 5.74) is 5.44. The smallest absolute Gasteiger partial charge is 0.210 e. The summed E-state index contributed by atoms with van der Waals surface area (Å²) in [6.45, 7) is 6.56. The van der Waals surface area contributed by atoms with Crippen molar-refractivity contribution < 1.29 is 4.79 Å². The molecule has 2 aliphatic rings. The van der Waals surface area contributed by atoms with Crippen LogP contribution in [0.4, 0.5) is 11.5 Å². The van der Waals surface area contributed by atoms with E-state index in [9.17, 15) is 10.1 Å². The Bertz CT molecular complexity index is 892. The zero-order valence-corrected chi connectivity index (χ0v) is 15.3. The number of carbonyl (C=O) groups excluding carboxylic acids is 1. The van der Waals surface area contributed by atoms with Gasteiger partial charge in [-0.25, -0.2) is 0 Å². The van der Waals surface area contributed by atoms with E-state index in [1.54, 1.807) is 0 Å². The molecule has 134 valence electrons. The third-order valence-corrected chi connectivity index (χ3v) is 5.32. The average molecular weight is 349 g/mol. The summed E-state index contributed by atoms with van der Waals surface area (Å²) in [6, 6.07) is 8.42. The lowest BCUT2D eigenvalue weighted by molar-refractivity contribution is -0.118. The number of amides is 1. The minimum absolute atomic E-state index is 0.283. The molecule has 0 N–H and O–H groups in total. The van der Waals surface area contributed by atoms with E-state index in [1.807, 2.05) is 23.1 Å². The van der Waals surface area contributed by atoms with Crippen molar-refractivity contribution in [1.29, 1.82) is 5.26 Å². The molecule has 0 saturated heterocycles. The lowest BCUT2D eigenvalue weighted by Gasteiger charge is -2.32. The van der Waals surface area contributed by atoms with E-state index in [-0.39, 0.29) is 6.04 Å². The zero-order chi connectivity index (χ0) is 18.3. The van der Waals surface area contributed by atoms with E-state index >= 15 is 0 Å². The van der Waals surface area contributed by atoms with Crippen LogP contribution in [-0.2, 0) is 24.2 Å². The van der Waals surface area contributed by atoms with Crippen molar-refractivity contribution in [3.63, 3.8) is 0 Å². The van der Waals surface area contributed by atoms with Crippen LogP contribution in [0.15, 0.2) is 18.2 Å². The van der Waals surface area contributed by atoms with Crippen LogP contribution in [0.2, 0.25) is 0 Å². The van der Waals surface area contributed by atoms with Gasteiger partial charge in [0.2, 0.25) is 6.41 Å². The SMILES string of the molecule is CC(C)n1nc(N2CCCc3cc(C#N)ccc32)c2c1CCN(C=O)C2. The maximum atomic E-state index is 11.3. The van der Waals surface area contributed by atoms with Crippen LogP contribution in [0.3, 0.4) is 0 Å². The van der Waals surface area contributed by atoms with Gasteiger partial charge in [-0.05, 0) is 50.5 Å². The maximum Gasteiger partial charge on any atom is 0.210 e. The first kappa shape index (κ1) is 16.6. The maximum absolute atomic E-state index is 11.3. The summed E-state index contributed by atoms with van der Waals surface area (Å²) in [5, 5.41) is 14.1. The van der Waals surface area contributed by atoms with Crippen molar-refractivity contribution >= 4 is 17.9 Å². The predicted molar refractivity (Wildman–Crippen MR) is 99.3 cm³/mol. The first-order valence-corrected chi connectivity index (χ1v) is 9.22. The zero-order valence-electron chi connectivity index (χ0n) is 15.3. The molecule has 1 aromatic heterocycles. The molecule has 26 heavy (non-hydrogen) atoms. The van der Waals surface area contributed by atoms with Gasteiger partial charge in [0.25, 0.3) is 0 Å². The average Bonchev–Trinajstić information content (AvgIpc) is 3.05. The molecule has 4 rings (SSSR count). The quantitative estimate of drug-likeness (QED) is 0.799. The van der Waals surface area contributed by atoms with Crippen LogP contribution in [0.25, 0.3) is 0 Å². The Morgan fingerprint density at radius 3 is 2.85 bits per heavy atom. The van der Waals surface area contributed by atoms with Crippen LogP contribution in [0, 0.1) is 11.3 Å². The van der Waals surface area contributed by atoms with Gasteiger partial charge in [-0.1, -0.05) is 0 Å². The summed E-state index contributed by atoms with van der Waals surface area (Å²) in [4.78, 5) is 15.4. The largest absolute Gasteiger partial charge is 0.340 e. The number of benzene rings is 1. The van der Waals surface area contributed by atoms with Gasteiger partial charge in [0.1, 0.15) is 0 Å². The van der Waals surface area contributed by atoms with Crippen molar-refractivity contribution in [1.82, 2.24) is 14.7 Å². The minimum Gasteiger partial charge on any atom is -0.340 e. The van der Waals surface area contributed by atoms with Crippen LogP contribution < -0.4 is 4.90 Å². The summed E-state index contributed by atoms with van der Waals surface area (Å²) < 4.78 is 2.12. The fourth-order valence-corrected chi connectivity index (χ4v) is 4.07. The van der Waals surface area contributed by atoms with Gasteiger partial charge in [0.15, 0.2) is 5.82 Å². The van der Waals surface area contributed by atoms with Crippen molar-refractivity contribution in [2.45, 2.75) is 45.7 Å². The number of nitrogens with zero attached hydrogens (tertiary/aromatic N) is 5. The number of anilines is 2. The van der Waals surface area contributed by atoms with Crippen LogP contribution in [-0.4, -0.2) is 34.2 Å². The third kappa shape index (κ3) is 2.64. The molecule has 0 saturated carbocycles. The van der Waals surface area contributed by atoms with Gasteiger partial charge in [0.05, 0.1) is 18.2 Å². The molecule has 2 aliphatic heterocycles. The van der Waals surface area contributed by atoms with E-state index in [1.165, 1.54) is 11.3 Å². The van der Waals surface area contributed by atoms with E-state index in [2.05, 4.69) is 29.5 Å². The lowest BCUT2D eigenvalue weighted by Crippen LogP contribution is -2.31. The standard InChI is InChI=1S/C20H23N5O/c1-14(2)25-19-7-9-23(13-26)12-17(19)20(22-25)24-8-3-4-16-10-15(11-21)5-6-18(16)24/h5-6,10,13-14H,3-4,7-9,12H2,1-2H3. The molecule has 0 atom stereocenters. The molecule has 0 bridgehead atoms. The molecule has 1 amide bonds. The van der Waals surface area contributed by atoms with Crippen molar-refractivity contribution in [3.8, 4) is 6.07 Å². The van der Waals surface area contributed by atoms with Crippen molar-refractivity contribution in [3.05, 3.63) is 40.6 Å². The summed E-state index contributed by atoms with van der Waals surface area (Å²) in [6.07, 6.45) is 3.79. The molecule has 1 aromatic carbocycles. The Morgan fingerprint density at radius 1 is 1.27 bits per heavy atom. The molecule has 0 fully saturated rings. The Kier molecular flexibility index (Phi) is 4.15. The first-order chi connectivity index (χ1) is 12.6. The second kappa shape index (κ2) is 6.49. The molecule has 2 aromatic rings. The highest BCUT2D eigenvalue weighted by Crippen LogP contribution is 2.38. The van der Waals surface area contributed by atoms with Crippen LogP contribution in [0.1, 0.15) is 48.7 Å². The molecule has 6 nitrogen and oxygen atoms in total. The van der Waals surface area contributed by atoms with Gasteiger partial charge in [-0.2, -0.15) is 10.4 Å². The van der Waals surface area contributed by atoms with Crippen molar-refractivity contribution in [2.75, 3.05) is 18.0 Å². The number of aromatic nitrogens is 2. The van der Waals surface area contributed by atoms with Gasteiger partial charge in [0, 0.05) is 42.5 Å². The molecule has 0 aliphatic carbocycles. The Hall–Kier alpha value is -2.81. The Morgan fingerprint density at radius 2 is 2.12 bits per heavy atom. The second-order valence-corrected chi connectivity index (χ2v) is 7.32. The van der Waals surface area contributed by atoms with Crippen LogP contribution >= 0.6 is 0 Å². The van der Waals surface area contributed by atoms with E-state index in [4.69, 9.17) is 5.10 Å². The molecular formula is C20H23N5O. The van der Waals surface area contributed by atoms with E-state index in [0.717, 1.165) is 55.8 Å². The predicted octanol–water partition coefficient (Wildman–Crippen LogP) is 2.93. The van der Waals surface area contributed by atoms with E-state index < -0.39 is 0 Å². The molecule has 0 unspecified atom stereocenters. The fraction of sp³-hybridized carbons (Fsp3) is 0.450. The highest BCUT2D eigenvalue weighted by atomic mass is 16.1. The number of nitriles is 1. The number of fused-ring (bicyclic) bond motifs is 2. The van der Waals surface area contributed by atoms with Gasteiger partial charge < -0.3 is 9.80 Å². The number of hydrogen-bond acceptors (Lipinski definition) is 4. The normalized spacial score (nSPS) is 16.2. The monoisotopic (exact) mass is 349 g/mol. The third-order valence-electron chi connectivity index (χ3n) is 5.32. The molecule has 6 heteroatoms. The lowest BCUT2D eigenvalue weighted by atomic mass is 9.98. The van der Waals surface area contributed by atoms with Gasteiger partial charge in [-0.15, -0.1) is 0 Å². The van der Waals surface area contributed by atoms with Crippen LogP contribution in [0.5, 0.6) is 0 Å². The Labute approximate surface area is 153 Å². The molecule has 3 heterocycles. The van der Waals surface area contributed by atoms with E-state index in [0.29, 0.717) is 12.1 Å². The summed E-state index contributed by atoms with van der Waals surface area (Å²) in [7, 11) is 0.